The summed E-state index contributed by atoms with van der Waals surface area (Å²) in [6, 6.07) is 12.2. The number of anilines is 2. The highest BCUT2D eigenvalue weighted by atomic mass is 16.5. The lowest BCUT2D eigenvalue weighted by atomic mass is 10.1. The molecular formula is C24H28N4O6. The molecule has 10 nitrogen and oxygen atoms in total. The van der Waals surface area contributed by atoms with E-state index in [1.54, 1.807) is 0 Å². The van der Waals surface area contributed by atoms with E-state index in [2.05, 4.69) is 4.98 Å². The second-order valence-corrected chi connectivity index (χ2v) is 7.44. The van der Waals surface area contributed by atoms with Crippen LogP contribution in [0.15, 0.2) is 52.1 Å². The summed E-state index contributed by atoms with van der Waals surface area (Å²) in [6.07, 6.45) is 0.535. The molecule has 0 spiro atoms. The molecule has 3 aromatic rings. The normalized spacial score (nSPS) is 10.6. The van der Waals surface area contributed by atoms with Crippen molar-refractivity contribution in [1.29, 1.82) is 0 Å². The summed E-state index contributed by atoms with van der Waals surface area (Å²) in [5.74, 6) is 0.294. The molecule has 1 amide bonds. The number of H-pyrrole nitrogens is 1. The summed E-state index contributed by atoms with van der Waals surface area (Å²) < 4.78 is 17.3. The predicted octanol–water partition coefficient (Wildman–Crippen LogP) is 2.25. The summed E-state index contributed by atoms with van der Waals surface area (Å²) in [4.78, 5) is 42.6. The quantitative estimate of drug-likeness (QED) is 0.493. The standard InChI is InChI=1S/C24H28N4O6/c1-5-11-27(23(30)16-12-17(32-2)20(34-4)18(13-16)33-3)19-21(25)28(24(31)26-22(19)29)14-15-9-7-6-8-10-15/h6-10,12-13H,5,11,14,25H2,1-4H3,(H,26,29,31). The zero-order chi connectivity index (χ0) is 24.8. The van der Waals surface area contributed by atoms with Gasteiger partial charge in [-0.1, -0.05) is 37.3 Å². The lowest BCUT2D eigenvalue weighted by Gasteiger charge is -2.25. The molecule has 1 aromatic heterocycles. The van der Waals surface area contributed by atoms with Crippen molar-refractivity contribution < 1.29 is 19.0 Å². The van der Waals surface area contributed by atoms with Crippen LogP contribution >= 0.6 is 0 Å². The summed E-state index contributed by atoms with van der Waals surface area (Å²) in [5, 5.41) is 0. The molecule has 0 fully saturated rings. The van der Waals surface area contributed by atoms with Crippen molar-refractivity contribution in [2.45, 2.75) is 19.9 Å². The van der Waals surface area contributed by atoms with Gasteiger partial charge in [0.05, 0.1) is 27.9 Å². The number of nitrogens with one attached hydrogen (secondary N) is 1. The third-order valence-corrected chi connectivity index (χ3v) is 5.27. The molecule has 0 aliphatic carbocycles. The SMILES string of the molecule is CCCN(C(=O)c1cc(OC)c(OC)c(OC)c1)c1c(N)n(Cc2ccccc2)c(=O)[nH]c1=O. The maximum absolute atomic E-state index is 13.6. The lowest BCUT2D eigenvalue weighted by molar-refractivity contribution is 0.0985. The van der Waals surface area contributed by atoms with Gasteiger partial charge in [-0.25, -0.2) is 4.79 Å². The van der Waals surface area contributed by atoms with Gasteiger partial charge in [0.2, 0.25) is 5.75 Å². The van der Waals surface area contributed by atoms with E-state index in [-0.39, 0.29) is 41.7 Å². The molecule has 0 aliphatic rings. The van der Waals surface area contributed by atoms with Crippen molar-refractivity contribution in [2.24, 2.45) is 0 Å². The summed E-state index contributed by atoms with van der Waals surface area (Å²) in [7, 11) is 4.34. The Bertz CT molecular complexity index is 1260. The number of nitrogens with zero attached hydrogens (tertiary/aromatic N) is 2. The Morgan fingerprint density at radius 2 is 1.65 bits per heavy atom. The van der Waals surface area contributed by atoms with Gasteiger partial charge in [-0.3, -0.25) is 19.1 Å². The molecule has 0 saturated carbocycles. The fourth-order valence-electron chi connectivity index (χ4n) is 3.66. The van der Waals surface area contributed by atoms with Gasteiger partial charge in [-0.15, -0.1) is 0 Å². The highest BCUT2D eigenvalue weighted by Crippen LogP contribution is 2.38. The molecule has 10 heteroatoms. The van der Waals surface area contributed by atoms with E-state index in [1.807, 2.05) is 37.3 Å². The van der Waals surface area contributed by atoms with Crippen LogP contribution in [0.4, 0.5) is 11.5 Å². The van der Waals surface area contributed by atoms with Gasteiger partial charge in [0.25, 0.3) is 11.5 Å². The number of benzene rings is 2. The van der Waals surface area contributed by atoms with Crippen molar-refractivity contribution in [3.05, 3.63) is 74.4 Å². The number of carbonyl (C=O) groups is 1. The first-order chi connectivity index (χ1) is 16.4. The maximum atomic E-state index is 13.6. The van der Waals surface area contributed by atoms with Crippen LogP contribution in [0, 0.1) is 0 Å². The first kappa shape index (κ1) is 24.4. The molecule has 0 aliphatic heterocycles. The molecule has 3 N–H and O–H groups in total. The van der Waals surface area contributed by atoms with Crippen LogP contribution in [0.25, 0.3) is 0 Å². The number of rotatable bonds is 9. The van der Waals surface area contributed by atoms with Gasteiger partial charge in [-0.05, 0) is 24.1 Å². The highest BCUT2D eigenvalue weighted by Gasteiger charge is 2.27. The molecule has 34 heavy (non-hydrogen) atoms. The zero-order valence-corrected chi connectivity index (χ0v) is 19.6. The van der Waals surface area contributed by atoms with Crippen LogP contribution in [-0.4, -0.2) is 43.3 Å². The minimum absolute atomic E-state index is 0.101. The average molecular weight is 469 g/mol. The van der Waals surface area contributed by atoms with Crippen LogP contribution in [-0.2, 0) is 6.54 Å². The van der Waals surface area contributed by atoms with Gasteiger partial charge in [0, 0.05) is 12.1 Å². The number of methoxy groups -OCH3 is 3. The Labute approximate surface area is 196 Å². The van der Waals surface area contributed by atoms with Gasteiger partial charge in [-0.2, -0.15) is 0 Å². The van der Waals surface area contributed by atoms with E-state index in [0.29, 0.717) is 12.2 Å². The Morgan fingerprint density at radius 3 is 2.18 bits per heavy atom. The molecule has 1 heterocycles. The van der Waals surface area contributed by atoms with E-state index in [9.17, 15) is 14.4 Å². The summed E-state index contributed by atoms with van der Waals surface area (Å²) in [6.45, 7) is 2.18. The van der Waals surface area contributed by atoms with Gasteiger partial charge in [0.1, 0.15) is 5.82 Å². The molecule has 3 rings (SSSR count). The maximum Gasteiger partial charge on any atom is 0.330 e. The number of hydrogen-bond acceptors (Lipinski definition) is 7. The second kappa shape index (κ2) is 10.6. The van der Waals surface area contributed by atoms with Crippen molar-refractivity contribution in [3.63, 3.8) is 0 Å². The first-order valence-electron chi connectivity index (χ1n) is 10.6. The lowest BCUT2D eigenvalue weighted by Crippen LogP contribution is -2.41. The minimum Gasteiger partial charge on any atom is -0.493 e. The average Bonchev–Trinajstić information content (AvgIpc) is 2.85. The number of nitrogen functional groups attached to an aromatic ring is 1. The number of nitrogens with two attached hydrogens (primary N) is 1. The zero-order valence-electron chi connectivity index (χ0n) is 19.6. The van der Waals surface area contributed by atoms with E-state index >= 15 is 0 Å². The smallest absolute Gasteiger partial charge is 0.330 e. The van der Waals surface area contributed by atoms with Gasteiger partial charge in [0.15, 0.2) is 17.2 Å². The molecule has 2 aromatic carbocycles. The number of aromatic nitrogens is 2. The van der Waals surface area contributed by atoms with E-state index in [4.69, 9.17) is 19.9 Å². The molecule has 0 saturated heterocycles. The third kappa shape index (κ3) is 4.75. The van der Waals surface area contributed by atoms with Crippen LogP contribution in [0.5, 0.6) is 17.2 Å². The van der Waals surface area contributed by atoms with Gasteiger partial charge < -0.3 is 24.8 Å². The number of amides is 1. The van der Waals surface area contributed by atoms with E-state index < -0.39 is 17.2 Å². The Balaban J connectivity index is 2.14. The van der Waals surface area contributed by atoms with Crippen LogP contribution in [0.2, 0.25) is 0 Å². The van der Waals surface area contributed by atoms with E-state index in [1.165, 1.54) is 42.9 Å². The first-order valence-corrected chi connectivity index (χ1v) is 10.6. The fraction of sp³-hybridized carbons (Fsp3) is 0.292. The number of carbonyl (C=O) groups excluding carboxylic acids is 1. The van der Waals surface area contributed by atoms with Crippen molar-refractivity contribution in [1.82, 2.24) is 9.55 Å². The van der Waals surface area contributed by atoms with Crippen molar-refractivity contribution >= 4 is 17.4 Å². The topological polar surface area (TPSA) is 129 Å². The van der Waals surface area contributed by atoms with Crippen LogP contribution in [0.3, 0.4) is 0 Å². The monoisotopic (exact) mass is 468 g/mol. The number of ether oxygens (including phenoxy) is 3. The molecule has 0 atom stereocenters. The molecule has 0 radical (unpaired) electrons. The number of aromatic amines is 1. The molecular weight excluding hydrogens is 440 g/mol. The van der Waals surface area contributed by atoms with Crippen LogP contribution in [0.1, 0.15) is 29.3 Å². The predicted molar refractivity (Wildman–Crippen MR) is 129 cm³/mol. The van der Waals surface area contributed by atoms with Crippen molar-refractivity contribution in [3.8, 4) is 17.2 Å². The Morgan fingerprint density at radius 1 is 1.03 bits per heavy atom. The third-order valence-electron chi connectivity index (χ3n) is 5.27. The molecule has 180 valence electrons. The summed E-state index contributed by atoms with van der Waals surface area (Å²) in [5.41, 5.74) is 5.82. The van der Waals surface area contributed by atoms with Gasteiger partial charge >= 0.3 is 5.69 Å². The second-order valence-electron chi connectivity index (χ2n) is 7.44. The minimum atomic E-state index is -0.749. The fourth-order valence-corrected chi connectivity index (χ4v) is 3.66. The molecule has 0 unspecified atom stereocenters. The number of hydrogen-bond donors (Lipinski definition) is 2. The Hall–Kier alpha value is -4.21. The highest BCUT2D eigenvalue weighted by molar-refractivity contribution is 6.08. The van der Waals surface area contributed by atoms with E-state index in [0.717, 1.165) is 5.56 Å². The largest absolute Gasteiger partial charge is 0.493 e. The Kier molecular flexibility index (Phi) is 7.62. The van der Waals surface area contributed by atoms with Crippen molar-refractivity contribution in [2.75, 3.05) is 38.5 Å². The summed E-state index contributed by atoms with van der Waals surface area (Å²) >= 11 is 0. The van der Waals surface area contributed by atoms with Crippen LogP contribution < -0.4 is 36.1 Å². The molecule has 0 bridgehead atoms.